The highest BCUT2D eigenvalue weighted by Gasteiger charge is 2.18. The molecule has 0 saturated heterocycles. The van der Waals surface area contributed by atoms with Gasteiger partial charge in [-0.25, -0.2) is 0 Å². The lowest BCUT2D eigenvalue weighted by atomic mass is 10.0. The second kappa shape index (κ2) is 6.39. The summed E-state index contributed by atoms with van der Waals surface area (Å²) in [4.78, 5) is 0. The summed E-state index contributed by atoms with van der Waals surface area (Å²) in [5.41, 5.74) is 2.52. The van der Waals surface area contributed by atoms with Gasteiger partial charge in [-0.15, -0.1) is 0 Å². The van der Waals surface area contributed by atoms with Gasteiger partial charge in [-0.3, -0.25) is 0 Å². The largest absolute Gasteiger partial charge is 0.489 e. The fourth-order valence-corrected chi connectivity index (χ4v) is 2.23. The van der Waals surface area contributed by atoms with E-state index >= 15 is 0 Å². The maximum absolute atomic E-state index is 5.99. The minimum atomic E-state index is 0.0649. The van der Waals surface area contributed by atoms with E-state index in [0.717, 1.165) is 5.75 Å². The van der Waals surface area contributed by atoms with Gasteiger partial charge in [-0.1, -0.05) is 48.0 Å². The topological polar surface area (TPSA) is 21.3 Å². The van der Waals surface area contributed by atoms with E-state index in [-0.39, 0.29) is 12.1 Å². The van der Waals surface area contributed by atoms with Crippen LogP contribution in [0.3, 0.4) is 0 Å². The van der Waals surface area contributed by atoms with Crippen LogP contribution in [0.1, 0.15) is 24.1 Å². The summed E-state index contributed by atoms with van der Waals surface area (Å²) in [6, 6.07) is 18.7. The Hall–Kier alpha value is -1.80. The molecule has 19 heavy (non-hydrogen) atoms. The summed E-state index contributed by atoms with van der Waals surface area (Å²) in [6.07, 6.45) is 0.0649. The highest BCUT2D eigenvalue weighted by molar-refractivity contribution is 5.26. The van der Waals surface area contributed by atoms with Crippen molar-refractivity contribution in [2.75, 3.05) is 7.05 Å². The molecule has 2 unspecified atom stereocenters. The number of aryl methyl sites for hydroxylation is 1. The first-order valence-corrected chi connectivity index (χ1v) is 6.66. The smallest absolute Gasteiger partial charge is 0.119 e. The van der Waals surface area contributed by atoms with Crippen molar-refractivity contribution in [2.45, 2.75) is 26.0 Å². The zero-order valence-electron chi connectivity index (χ0n) is 11.8. The predicted molar refractivity (Wildman–Crippen MR) is 79.5 cm³/mol. The van der Waals surface area contributed by atoms with E-state index in [0.29, 0.717) is 0 Å². The van der Waals surface area contributed by atoms with Gasteiger partial charge in [0.05, 0.1) is 6.04 Å². The molecule has 2 nitrogen and oxygen atoms in total. The zero-order chi connectivity index (χ0) is 13.7. The average Bonchev–Trinajstić information content (AvgIpc) is 2.43. The van der Waals surface area contributed by atoms with Crippen LogP contribution in [0.5, 0.6) is 5.75 Å². The summed E-state index contributed by atoms with van der Waals surface area (Å²) in [6.45, 7) is 4.19. The standard InChI is InChI=1S/C17H21NO/c1-13-9-11-15(12-10-13)17(18-3)14(2)19-16-7-5-4-6-8-16/h4-12,14,17-18H,1-3H3. The molecule has 2 aromatic carbocycles. The van der Waals surface area contributed by atoms with Gasteiger partial charge < -0.3 is 10.1 Å². The van der Waals surface area contributed by atoms with Crippen molar-refractivity contribution < 1.29 is 4.74 Å². The molecule has 1 N–H and O–H groups in total. The van der Waals surface area contributed by atoms with Crippen LogP contribution in [0.15, 0.2) is 54.6 Å². The van der Waals surface area contributed by atoms with Crippen LogP contribution in [0, 0.1) is 6.92 Å². The molecule has 0 radical (unpaired) electrons. The molecular formula is C17H21NO. The van der Waals surface area contributed by atoms with Crippen LogP contribution in [-0.4, -0.2) is 13.2 Å². The van der Waals surface area contributed by atoms with Crippen molar-refractivity contribution in [3.8, 4) is 5.75 Å². The molecule has 0 aliphatic rings. The molecule has 0 bridgehead atoms. The first kappa shape index (κ1) is 13.6. The molecule has 0 spiro atoms. The van der Waals surface area contributed by atoms with E-state index in [1.54, 1.807) is 0 Å². The summed E-state index contributed by atoms with van der Waals surface area (Å²) < 4.78 is 5.99. The molecular weight excluding hydrogens is 234 g/mol. The number of nitrogens with one attached hydrogen (secondary N) is 1. The lowest BCUT2D eigenvalue weighted by Crippen LogP contribution is -2.31. The van der Waals surface area contributed by atoms with Gasteiger partial charge in [0.25, 0.3) is 0 Å². The maximum Gasteiger partial charge on any atom is 0.119 e. The van der Waals surface area contributed by atoms with Crippen LogP contribution in [0.25, 0.3) is 0 Å². The number of ether oxygens (including phenoxy) is 1. The van der Waals surface area contributed by atoms with E-state index in [2.05, 4.69) is 43.4 Å². The Kier molecular flexibility index (Phi) is 4.58. The van der Waals surface area contributed by atoms with Crippen molar-refractivity contribution in [2.24, 2.45) is 0 Å². The highest BCUT2D eigenvalue weighted by atomic mass is 16.5. The van der Waals surface area contributed by atoms with Gasteiger partial charge >= 0.3 is 0 Å². The number of hydrogen-bond acceptors (Lipinski definition) is 2. The minimum Gasteiger partial charge on any atom is -0.489 e. The van der Waals surface area contributed by atoms with Crippen molar-refractivity contribution in [3.63, 3.8) is 0 Å². The molecule has 2 heteroatoms. The fourth-order valence-electron chi connectivity index (χ4n) is 2.23. The molecule has 0 aliphatic heterocycles. The average molecular weight is 255 g/mol. The Bertz CT molecular complexity index is 492. The van der Waals surface area contributed by atoms with Gasteiger partial charge in [-0.05, 0) is 38.6 Å². The second-order valence-corrected chi connectivity index (χ2v) is 4.81. The van der Waals surface area contributed by atoms with E-state index in [9.17, 15) is 0 Å². The van der Waals surface area contributed by atoms with Crippen LogP contribution in [0.2, 0.25) is 0 Å². The SMILES string of the molecule is CNC(c1ccc(C)cc1)C(C)Oc1ccccc1. The number of hydrogen-bond donors (Lipinski definition) is 1. The van der Waals surface area contributed by atoms with Crippen molar-refractivity contribution >= 4 is 0 Å². The summed E-state index contributed by atoms with van der Waals surface area (Å²) >= 11 is 0. The van der Waals surface area contributed by atoms with Crippen LogP contribution in [-0.2, 0) is 0 Å². The van der Waals surface area contributed by atoms with Crippen molar-refractivity contribution in [3.05, 3.63) is 65.7 Å². The minimum absolute atomic E-state index is 0.0649. The molecule has 2 atom stereocenters. The maximum atomic E-state index is 5.99. The van der Waals surface area contributed by atoms with Gasteiger partial charge in [-0.2, -0.15) is 0 Å². The van der Waals surface area contributed by atoms with E-state index in [1.807, 2.05) is 37.4 Å². The van der Waals surface area contributed by atoms with Crippen molar-refractivity contribution in [1.29, 1.82) is 0 Å². The lowest BCUT2D eigenvalue weighted by molar-refractivity contribution is 0.175. The number of para-hydroxylation sites is 1. The third-order valence-electron chi connectivity index (χ3n) is 3.28. The molecule has 0 aliphatic carbocycles. The summed E-state index contributed by atoms with van der Waals surface area (Å²) in [7, 11) is 1.97. The van der Waals surface area contributed by atoms with Crippen LogP contribution < -0.4 is 10.1 Å². The van der Waals surface area contributed by atoms with Gasteiger partial charge in [0.1, 0.15) is 11.9 Å². The molecule has 2 rings (SSSR count). The molecule has 0 heterocycles. The highest BCUT2D eigenvalue weighted by Crippen LogP contribution is 2.21. The van der Waals surface area contributed by atoms with Gasteiger partial charge in [0.15, 0.2) is 0 Å². The normalized spacial score (nSPS) is 13.8. The van der Waals surface area contributed by atoms with Crippen molar-refractivity contribution in [1.82, 2.24) is 5.32 Å². The Morgan fingerprint density at radius 2 is 1.58 bits per heavy atom. The lowest BCUT2D eigenvalue weighted by Gasteiger charge is -2.25. The molecule has 100 valence electrons. The molecule has 0 saturated carbocycles. The summed E-state index contributed by atoms with van der Waals surface area (Å²) in [5.74, 6) is 0.905. The predicted octanol–water partition coefficient (Wildman–Crippen LogP) is 3.72. The quantitative estimate of drug-likeness (QED) is 0.879. The fraction of sp³-hybridized carbons (Fsp3) is 0.294. The van der Waals surface area contributed by atoms with Gasteiger partial charge in [0, 0.05) is 0 Å². The van der Waals surface area contributed by atoms with Gasteiger partial charge in [0.2, 0.25) is 0 Å². The third-order valence-corrected chi connectivity index (χ3v) is 3.28. The summed E-state index contributed by atoms with van der Waals surface area (Å²) in [5, 5.41) is 3.33. The van der Waals surface area contributed by atoms with E-state index < -0.39 is 0 Å². The number of rotatable bonds is 5. The molecule has 0 amide bonds. The number of likely N-dealkylation sites (N-methyl/N-ethyl adjacent to an activating group) is 1. The first-order chi connectivity index (χ1) is 9.20. The monoisotopic (exact) mass is 255 g/mol. The third kappa shape index (κ3) is 3.58. The Balaban J connectivity index is 2.11. The Labute approximate surface area is 115 Å². The van der Waals surface area contributed by atoms with E-state index in [4.69, 9.17) is 4.74 Å². The first-order valence-electron chi connectivity index (χ1n) is 6.66. The Morgan fingerprint density at radius 1 is 0.947 bits per heavy atom. The van der Waals surface area contributed by atoms with Crippen LogP contribution >= 0.6 is 0 Å². The zero-order valence-corrected chi connectivity index (χ0v) is 11.8. The number of benzene rings is 2. The van der Waals surface area contributed by atoms with Crippen LogP contribution in [0.4, 0.5) is 0 Å². The Morgan fingerprint density at radius 3 is 2.16 bits per heavy atom. The van der Waals surface area contributed by atoms with E-state index in [1.165, 1.54) is 11.1 Å². The molecule has 0 aromatic heterocycles. The molecule has 2 aromatic rings. The second-order valence-electron chi connectivity index (χ2n) is 4.81. The molecule has 0 fully saturated rings.